The minimum absolute atomic E-state index is 0.517. The van der Waals surface area contributed by atoms with Crippen LogP contribution >= 0.6 is 0 Å². The molecule has 0 aliphatic heterocycles. The molecule has 0 heterocycles. The molecule has 58 valence electrons. The van der Waals surface area contributed by atoms with Gasteiger partial charge in [-0.25, -0.2) is 0 Å². The van der Waals surface area contributed by atoms with Crippen LogP contribution in [0.2, 0.25) is 5.31 Å². The molecule has 1 rings (SSSR count). The fourth-order valence-corrected chi connectivity index (χ4v) is 1.91. The van der Waals surface area contributed by atoms with Crippen LogP contribution in [0.5, 0.6) is 0 Å². The molecule has 0 N–H and O–H groups in total. The Labute approximate surface area is 65.8 Å². The van der Waals surface area contributed by atoms with Gasteiger partial charge >= 0.3 is 0 Å². The lowest BCUT2D eigenvalue weighted by Crippen LogP contribution is -2.26. The molecule has 0 aromatic rings. The van der Waals surface area contributed by atoms with E-state index < -0.39 is 0 Å². The molecular weight excluding hydrogens is 119 g/mol. The average Bonchev–Trinajstić information content (AvgIpc) is 2.13. The molecule has 1 aliphatic rings. The first-order chi connectivity index (χ1) is 4.46. The summed E-state index contributed by atoms with van der Waals surface area (Å²) in [4.78, 5) is 0. The Kier molecular flexibility index (Phi) is 1.87. The van der Waals surface area contributed by atoms with Gasteiger partial charge in [0.1, 0.15) is 7.85 Å². The first-order valence-corrected chi connectivity index (χ1v) is 4.46. The summed E-state index contributed by atoms with van der Waals surface area (Å²) in [6.07, 6.45) is 5.79. The summed E-state index contributed by atoms with van der Waals surface area (Å²) in [6, 6.07) is 0. The van der Waals surface area contributed by atoms with Gasteiger partial charge in [0.15, 0.2) is 0 Å². The van der Waals surface area contributed by atoms with Crippen molar-refractivity contribution in [2.24, 2.45) is 5.41 Å². The monoisotopic (exact) mass is 138 g/mol. The maximum atomic E-state index is 2.44. The van der Waals surface area contributed by atoms with Crippen LogP contribution in [0.15, 0.2) is 0 Å². The molecule has 1 heteroatoms. The van der Waals surface area contributed by atoms with E-state index in [1.165, 1.54) is 25.7 Å². The summed E-state index contributed by atoms with van der Waals surface area (Å²) in [5.74, 6) is 0. The van der Waals surface area contributed by atoms with E-state index in [0.717, 1.165) is 0 Å². The fraction of sp³-hybridized carbons (Fsp3) is 1.00. The highest BCUT2D eigenvalue weighted by molar-refractivity contribution is 6.15. The van der Waals surface area contributed by atoms with Crippen molar-refractivity contribution >= 4 is 7.85 Å². The molecule has 0 unspecified atom stereocenters. The SMILES string of the molecule is BC1(C(C)(C)C)CCCC1. The second-order valence-corrected chi connectivity index (χ2v) is 5.02. The van der Waals surface area contributed by atoms with Gasteiger partial charge in [0.2, 0.25) is 0 Å². The minimum atomic E-state index is 0.517. The Balaban J connectivity index is 2.67. The van der Waals surface area contributed by atoms with Crippen LogP contribution in [0.25, 0.3) is 0 Å². The van der Waals surface area contributed by atoms with Crippen LogP contribution < -0.4 is 0 Å². The van der Waals surface area contributed by atoms with E-state index in [-0.39, 0.29) is 0 Å². The van der Waals surface area contributed by atoms with Crippen LogP contribution in [-0.4, -0.2) is 7.85 Å². The zero-order valence-electron chi connectivity index (χ0n) is 7.83. The first kappa shape index (κ1) is 8.16. The van der Waals surface area contributed by atoms with Gasteiger partial charge in [-0.05, 0) is 5.41 Å². The summed E-state index contributed by atoms with van der Waals surface area (Å²) in [7, 11) is 2.44. The van der Waals surface area contributed by atoms with E-state index in [0.29, 0.717) is 10.7 Å². The largest absolute Gasteiger partial charge is 0.110 e. The van der Waals surface area contributed by atoms with Crippen LogP contribution in [0.3, 0.4) is 0 Å². The maximum Gasteiger partial charge on any atom is 0.110 e. The Morgan fingerprint density at radius 2 is 1.50 bits per heavy atom. The molecule has 0 aromatic carbocycles. The highest BCUT2D eigenvalue weighted by Gasteiger charge is 2.38. The Hall–Kier alpha value is 0.0649. The lowest BCUT2D eigenvalue weighted by atomic mass is 9.53. The molecule has 1 saturated carbocycles. The van der Waals surface area contributed by atoms with Crippen LogP contribution in [0, 0.1) is 5.41 Å². The second kappa shape index (κ2) is 2.28. The quantitative estimate of drug-likeness (QED) is 0.451. The molecule has 10 heavy (non-hydrogen) atoms. The van der Waals surface area contributed by atoms with E-state index in [4.69, 9.17) is 0 Å². The van der Waals surface area contributed by atoms with Crippen molar-refractivity contribution in [1.29, 1.82) is 0 Å². The van der Waals surface area contributed by atoms with Crippen molar-refractivity contribution in [1.82, 2.24) is 0 Å². The van der Waals surface area contributed by atoms with Gasteiger partial charge in [0, 0.05) is 0 Å². The minimum Gasteiger partial charge on any atom is -0.0603 e. The van der Waals surface area contributed by atoms with Crippen molar-refractivity contribution in [3.05, 3.63) is 0 Å². The van der Waals surface area contributed by atoms with Gasteiger partial charge in [0.05, 0.1) is 0 Å². The average molecular weight is 138 g/mol. The van der Waals surface area contributed by atoms with E-state index in [1.807, 2.05) is 0 Å². The fourth-order valence-electron chi connectivity index (χ4n) is 1.91. The van der Waals surface area contributed by atoms with Gasteiger partial charge in [-0.15, -0.1) is 0 Å². The van der Waals surface area contributed by atoms with Crippen LogP contribution in [0.4, 0.5) is 0 Å². The number of rotatable bonds is 0. The zero-order chi connectivity index (χ0) is 7.83. The summed E-state index contributed by atoms with van der Waals surface area (Å²) in [6.45, 7) is 7.12. The third kappa shape index (κ3) is 1.23. The molecule has 1 aliphatic carbocycles. The second-order valence-electron chi connectivity index (χ2n) is 5.02. The Bertz CT molecular complexity index is 115. The van der Waals surface area contributed by atoms with Crippen LogP contribution in [-0.2, 0) is 0 Å². The number of hydrogen-bond donors (Lipinski definition) is 0. The highest BCUT2D eigenvalue weighted by Crippen LogP contribution is 2.54. The van der Waals surface area contributed by atoms with Gasteiger partial charge in [0.25, 0.3) is 0 Å². The maximum absolute atomic E-state index is 2.44. The van der Waals surface area contributed by atoms with E-state index in [1.54, 1.807) is 0 Å². The molecule has 0 nitrogen and oxygen atoms in total. The predicted molar refractivity (Wildman–Crippen MR) is 49.2 cm³/mol. The molecule has 0 spiro atoms. The molecule has 0 amide bonds. The van der Waals surface area contributed by atoms with Crippen molar-refractivity contribution in [3.63, 3.8) is 0 Å². The summed E-state index contributed by atoms with van der Waals surface area (Å²) < 4.78 is 0. The molecule has 0 atom stereocenters. The van der Waals surface area contributed by atoms with Crippen molar-refractivity contribution < 1.29 is 0 Å². The summed E-state index contributed by atoms with van der Waals surface area (Å²) >= 11 is 0. The molecule has 0 saturated heterocycles. The predicted octanol–water partition coefficient (Wildman–Crippen LogP) is 2.40. The topological polar surface area (TPSA) is 0 Å². The molecular formula is C9H19B. The third-order valence-corrected chi connectivity index (χ3v) is 3.52. The zero-order valence-corrected chi connectivity index (χ0v) is 7.83. The highest BCUT2D eigenvalue weighted by atomic mass is 14.4. The normalized spacial score (nSPS) is 25.1. The van der Waals surface area contributed by atoms with Crippen LogP contribution in [0.1, 0.15) is 46.5 Å². The van der Waals surface area contributed by atoms with E-state index in [2.05, 4.69) is 28.6 Å². The van der Waals surface area contributed by atoms with E-state index >= 15 is 0 Å². The molecule has 0 bridgehead atoms. The third-order valence-electron chi connectivity index (χ3n) is 3.52. The Morgan fingerprint density at radius 1 is 1.10 bits per heavy atom. The lowest BCUT2D eigenvalue weighted by Gasteiger charge is -2.38. The van der Waals surface area contributed by atoms with Gasteiger partial charge in [-0.1, -0.05) is 51.8 Å². The number of hydrogen-bond acceptors (Lipinski definition) is 0. The van der Waals surface area contributed by atoms with Gasteiger partial charge in [-0.3, -0.25) is 0 Å². The van der Waals surface area contributed by atoms with E-state index in [9.17, 15) is 0 Å². The van der Waals surface area contributed by atoms with Crippen molar-refractivity contribution in [2.45, 2.75) is 51.8 Å². The van der Waals surface area contributed by atoms with Crippen molar-refractivity contribution in [3.8, 4) is 0 Å². The van der Waals surface area contributed by atoms with Crippen molar-refractivity contribution in [2.75, 3.05) is 0 Å². The van der Waals surface area contributed by atoms with Gasteiger partial charge in [-0.2, -0.15) is 0 Å². The summed E-state index contributed by atoms with van der Waals surface area (Å²) in [5, 5.41) is 0.632. The smallest absolute Gasteiger partial charge is 0.0603 e. The summed E-state index contributed by atoms with van der Waals surface area (Å²) in [5.41, 5.74) is 0.517. The Morgan fingerprint density at radius 3 is 1.70 bits per heavy atom. The first-order valence-electron chi connectivity index (χ1n) is 4.46. The standard InChI is InChI=1S/C9H19B/c1-8(2,3)9(10)6-4-5-7-9/h4-7,10H2,1-3H3. The van der Waals surface area contributed by atoms with Gasteiger partial charge < -0.3 is 0 Å². The molecule has 1 fully saturated rings. The lowest BCUT2D eigenvalue weighted by molar-refractivity contribution is 0.267. The molecule has 0 aromatic heterocycles. The molecule has 0 radical (unpaired) electrons.